The molecular weight excluding hydrogens is 284 g/mol. The molecule has 0 atom stereocenters. The Labute approximate surface area is 122 Å². The van der Waals surface area contributed by atoms with Crippen LogP contribution in [0.25, 0.3) is 0 Å². The van der Waals surface area contributed by atoms with Gasteiger partial charge in [0.2, 0.25) is 0 Å². The van der Waals surface area contributed by atoms with Gasteiger partial charge in [-0.1, -0.05) is 18.0 Å². The van der Waals surface area contributed by atoms with Gasteiger partial charge in [0.05, 0.1) is 4.92 Å². The maximum absolute atomic E-state index is 10.9. The summed E-state index contributed by atoms with van der Waals surface area (Å²) in [6.45, 7) is 1.37. The molecule has 0 aliphatic heterocycles. The fourth-order valence-corrected chi connectivity index (χ4v) is 3.46. The number of nitrogens with one attached hydrogen (secondary N) is 1. The van der Waals surface area contributed by atoms with E-state index in [1.54, 1.807) is 12.1 Å². The van der Waals surface area contributed by atoms with Gasteiger partial charge in [-0.25, -0.2) is 0 Å². The molecule has 1 aliphatic carbocycles. The zero-order chi connectivity index (χ0) is 13.9. The molecule has 0 spiro atoms. The van der Waals surface area contributed by atoms with Crippen LogP contribution in [0.3, 0.4) is 0 Å². The highest BCUT2D eigenvalue weighted by molar-refractivity contribution is 8.00. The molecule has 0 aromatic heterocycles. The van der Waals surface area contributed by atoms with E-state index in [4.69, 9.17) is 11.6 Å². The van der Waals surface area contributed by atoms with E-state index in [-0.39, 0.29) is 10.6 Å². The van der Waals surface area contributed by atoms with Crippen molar-refractivity contribution in [3.63, 3.8) is 0 Å². The number of hydrogen-bond donors (Lipinski definition) is 1. The summed E-state index contributed by atoms with van der Waals surface area (Å²) in [6, 6.07) is 4.69. The highest BCUT2D eigenvalue weighted by Crippen LogP contribution is 2.42. The average molecular weight is 301 g/mol. The zero-order valence-corrected chi connectivity index (χ0v) is 12.4. The Morgan fingerprint density at radius 2 is 2.26 bits per heavy atom. The fraction of sp³-hybridized carbons (Fsp3) is 0.538. The summed E-state index contributed by atoms with van der Waals surface area (Å²) in [6.07, 6.45) is 5.85. The Kier molecular flexibility index (Phi) is 4.71. The highest BCUT2D eigenvalue weighted by Gasteiger charge is 2.35. The molecule has 2 rings (SSSR count). The van der Waals surface area contributed by atoms with Crippen molar-refractivity contribution in [2.45, 2.75) is 30.6 Å². The first-order valence-electron chi connectivity index (χ1n) is 6.25. The molecule has 1 N–H and O–H groups in total. The minimum absolute atomic E-state index is 0.128. The summed E-state index contributed by atoms with van der Waals surface area (Å²) in [5, 5.41) is 14.8. The SMILES string of the molecule is CSC1(CNCc2cc(Cl)ccc2[N+](=O)[O-])CCC1. The predicted octanol–water partition coefficient (Wildman–Crippen LogP) is 3.62. The van der Waals surface area contributed by atoms with Crippen LogP contribution in [0, 0.1) is 10.1 Å². The van der Waals surface area contributed by atoms with E-state index in [1.807, 2.05) is 11.8 Å². The Balaban J connectivity index is 1.99. The molecule has 104 valence electrons. The molecule has 0 heterocycles. The van der Waals surface area contributed by atoms with Crippen molar-refractivity contribution in [3.05, 3.63) is 38.9 Å². The van der Waals surface area contributed by atoms with Crippen molar-refractivity contribution in [2.24, 2.45) is 0 Å². The number of thioether (sulfide) groups is 1. The number of halogens is 1. The van der Waals surface area contributed by atoms with Gasteiger partial charge in [0.1, 0.15) is 0 Å². The summed E-state index contributed by atoms with van der Waals surface area (Å²) in [5.41, 5.74) is 0.775. The number of nitro groups is 1. The lowest BCUT2D eigenvalue weighted by Crippen LogP contribution is -2.43. The van der Waals surface area contributed by atoms with Crippen LogP contribution in [-0.4, -0.2) is 22.5 Å². The normalized spacial score (nSPS) is 16.9. The van der Waals surface area contributed by atoms with E-state index in [2.05, 4.69) is 11.6 Å². The predicted molar refractivity (Wildman–Crippen MR) is 79.9 cm³/mol. The van der Waals surface area contributed by atoms with Crippen LogP contribution in [0.1, 0.15) is 24.8 Å². The molecule has 19 heavy (non-hydrogen) atoms. The molecule has 1 aromatic carbocycles. The van der Waals surface area contributed by atoms with Gasteiger partial charge in [-0.05, 0) is 31.2 Å². The molecule has 0 radical (unpaired) electrons. The zero-order valence-electron chi connectivity index (χ0n) is 10.8. The number of nitrogens with zero attached hydrogens (tertiary/aromatic N) is 1. The lowest BCUT2D eigenvalue weighted by molar-refractivity contribution is -0.385. The first kappa shape index (κ1) is 14.6. The third-order valence-corrected chi connectivity index (χ3v) is 5.35. The van der Waals surface area contributed by atoms with Gasteiger partial charge in [0.15, 0.2) is 0 Å². The van der Waals surface area contributed by atoms with Crippen molar-refractivity contribution in [3.8, 4) is 0 Å². The van der Waals surface area contributed by atoms with Crippen LogP contribution in [0.4, 0.5) is 5.69 Å². The Morgan fingerprint density at radius 3 is 2.79 bits per heavy atom. The van der Waals surface area contributed by atoms with E-state index in [0.29, 0.717) is 21.9 Å². The van der Waals surface area contributed by atoms with Crippen molar-refractivity contribution in [2.75, 3.05) is 12.8 Å². The van der Waals surface area contributed by atoms with Crippen molar-refractivity contribution in [1.82, 2.24) is 5.32 Å². The molecule has 0 bridgehead atoms. The molecule has 1 fully saturated rings. The fourth-order valence-electron chi connectivity index (χ4n) is 2.32. The van der Waals surface area contributed by atoms with Crippen molar-refractivity contribution in [1.29, 1.82) is 0 Å². The monoisotopic (exact) mass is 300 g/mol. The summed E-state index contributed by atoms with van der Waals surface area (Å²) >= 11 is 7.79. The second-order valence-corrected chi connectivity index (χ2v) is 6.59. The number of rotatable bonds is 6. The minimum atomic E-state index is -0.360. The maximum atomic E-state index is 10.9. The van der Waals surface area contributed by atoms with Gasteiger partial charge in [-0.2, -0.15) is 11.8 Å². The Bertz CT molecular complexity index is 472. The van der Waals surface area contributed by atoms with Crippen molar-refractivity contribution >= 4 is 29.1 Å². The second-order valence-electron chi connectivity index (χ2n) is 4.87. The van der Waals surface area contributed by atoms with Crippen LogP contribution in [0.2, 0.25) is 5.02 Å². The standard InChI is InChI=1S/C13H17ClN2O2S/c1-19-13(5-2-6-13)9-15-8-10-7-11(14)3-4-12(10)16(17)18/h3-4,7,15H,2,5-6,8-9H2,1H3. The smallest absolute Gasteiger partial charge is 0.273 e. The van der Waals surface area contributed by atoms with E-state index in [0.717, 1.165) is 6.54 Å². The number of nitro benzene ring substituents is 1. The third-order valence-electron chi connectivity index (χ3n) is 3.70. The van der Waals surface area contributed by atoms with Crippen LogP contribution in [0.15, 0.2) is 18.2 Å². The first-order valence-corrected chi connectivity index (χ1v) is 7.85. The summed E-state index contributed by atoms with van der Waals surface area (Å²) in [7, 11) is 0. The summed E-state index contributed by atoms with van der Waals surface area (Å²) in [4.78, 5) is 10.6. The topological polar surface area (TPSA) is 55.2 Å². The number of hydrogen-bond acceptors (Lipinski definition) is 4. The summed E-state index contributed by atoms with van der Waals surface area (Å²) < 4.78 is 0.327. The van der Waals surface area contributed by atoms with Gasteiger partial charge in [0.25, 0.3) is 5.69 Å². The number of benzene rings is 1. The quantitative estimate of drug-likeness (QED) is 0.644. The van der Waals surface area contributed by atoms with E-state index in [9.17, 15) is 10.1 Å². The second kappa shape index (κ2) is 6.11. The van der Waals surface area contributed by atoms with Gasteiger partial charge < -0.3 is 5.32 Å². The molecule has 0 unspecified atom stereocenters. The highest BCUT2D eigenvalue weighted by atomic mass is 35.5. The largest absolute Gasteiger partial charge is 0.311 e. The van der Waals surface area contributed by atoms with Gasteiger partial charge >= 0.3 is 0 Å². The molecule has 0 amide bonds. The third kappa shape index (κ3) is 3.41. The molecule has 6 heteroatoms. The molecular formula is C13H17ClN2O2S. The van der Waals surface area contributed by atoms with Crippen LogP contribution < -0.4 is 5.32 Å². The molecule has 0 saturated heterocycles. The molecule has 1 saturated carbocycles. The maximum Gasteiger partial charge on any atom is 0.273 e. The lowest BCUT2D eigenvalue weighted by Gasteiger charge is -2.40. The molecule has 1 aromatic rings. The van der Waals surface area contributed by atoms with Gasteiger partial charge in [-0.15, -0.1) is 0 Å². The Hall–Kier alpha value is -0.780. The molecule has 4 nitrogen and oxygen atoms in total. The minimum Gasteiger partial charge on any atom is -0.311 e. The van der Waals surface area contributed by atoms with Crippen LogP contribution >= 0.6 is 23.4 Å². The van der Waals surface area contributed by atoms with Crippen molar-refractivity contribution < 1.29 is 4.92 Å². The van der Waals surface area contributed by atoms with Gasteiger partial charge in [0, 0.05) is 34.5 Å². The van der Waals surface area contributed by atoms with E-state index in [1.165, 1.54) is 25.3 Å². The summed E-state index contributed by atoms with van der Waals surface area (Å²) in [5.74, 6) is 0. The first-order chi connectivity index (χ1) is 9.06. The van der Waals surface area contributed by atoms with E-state index < -0.39 is 0 Å². The Morgan fingerprint density at radius 1 is 1.53 bits per heavy atom. The lowest BCUT2D eigenvalue weighted by atomic mass is 9.84. The average Bonchev–Trinajstić information content (AvgIpc) is 2.32. The van der Waals surface area contributed by atoms with Crippen LogP contribution in [0.5, 0.6) is 0 Å². The molecule has 1 aliphatic rings. The van der Waals surface area contributed by atoms with E-state index >= 15 is 0 Å². The van der Waals surface area contributed by atoms with Gasteiger partial charge in [-0.3, -0.25) is 10.1 Å². The van der Waals surface area contributed by atoms with Crippen LogP contribution in [-0.2, 0) is 6.54 Å².